The van der Waals surface area contributed by atoms with Gasteiger partial charge in [0.25, 0.3) is 0 Å². The third-order valence-corrected chi connectivity index (χ3v) is 3.28. The highest BCUT2D eigenvalue weighted by atomic mass is 16.5. The highest BCUT2D eigenvalue weighted by Crippen LogP contribution is 2.51. The fourth-order valence-electron chi connectivity index (χ4n) is 2.13. The van der Waals surface area contributed by atoms with E-state index in [0.717, 1.165) is 18.4 Å². The Morgan fingerprint density at radius 3 is 2.76 bits per heavy atom. The molecule has 1 fully saturated rings. The van der Waals surface area contributed by atoms with Crippen LogP contribution in [0.4, 0.5) is 0 Å². The molecule has 0 aromatic heterocycles. The van der Waals surface area contributed by atoms with Crippen molar-refractivity contribution in [3.05, 3.63) is 29.3 Å². The number of methoxy groups -OCH3 is 1. The van der Waals surface area contributed by atoms with E-state index >= 15 is 0 Å². The predicted octanol–water partition coefficient (Wildman–Crippen LogP) is 2.07. The van der Waals surface area contributed by atoms with E-state index < -0.39 is 5.97 Å². The number of hydrogen-bond donors (Lipinski definition) is 1. The Hall–Kier alpha value is -2.02. The summed E-state index contributed by atoms with van der Waals surface area (Å²) in [5.74, 6) is -0.265. The molecule has 1 aliphatic carbocycles. The van der Waals surface area contributed by atoms with Gasteiger partial charge in [0.2, 0.25) is 0 Å². The van der Waals surface area contributed by atoms with Crippen molar-refractivity contribution >= 4 is 5.97 Å². The van der Waals surface area contributed by atoms with E-state index in [4.69, 9.17) is 15.1 Å². The molecule has 0 spiro atoms. The maximum absolute atomic E-state index is 10.8. The van der Waals surface area contributed by atoms with Crippen molar-refractivity contribution in [2.75, 3.05) is 7.11 Å². The minimum Gasteiger partial charge on any atom is -0.495 e. The molecule has 0 heterocycles. The number of ether oxygens (including phenoxy) is 1. The Morgan fingerprint density at radius 1 is 1.59 bits per heavy atom. The van der Waals surface area contributed by atoms with Crippen molar-refractivity contribution in [3.63, 3.8) is 0 Å². The smallest absolute Gasteiger partial charge is 0.304 e. The van der Waals surface area contributed by atoms with Crippen LogP contribution in [0.5, 0.6) is 5.75 Å². The SMILES string of the molecule is COc1ccc(C2(CC(=O)O)CC2)cc1C#N. The predicted molar refractivity (Wildman–Crippen MR) is 60.9 cm³/mol. The van der Waals surface area contributed by atoms with E-state index in [-0.39, 0.29) is 11.8 Å². The highest BCUT2D eigenvalue weighted by Gasteiger charge is 2.46. The van der Waals surface area contributed by atoms with Gasteiger partial charge in [-0.15, -0.1) is 0 Å². The molecule has 0 unspecified atom stereocenters. The molecule has 0 saturated heterocycles. The van der Waals surface area contributed by atoms with Gasteiger partial charge in [-0.05, 0) is 30.5 Å². The zero-order valence-electron chi connectivity index (χ0n) is 9.56. The van der Waals surface area contributed by atoms with Crippen molar-refractivity contribution in [2.24, 2.45) is 0 Å². The lowest BCUT2D eigenvalue weighted by molar-refractivity contribution is -0.137. The molecule has 0 bridgehead atoms. The van der Waals surface area contributed by atoms with Gasteiger partial charge in [-0.1, -0.05) is 6.07 Å². The Bertz CT molecular complexity index is 498. The third-order valence-electron chi connectivity index (χ3n) is 3.28. The van der Waals surface area contributed by atoms with Crippen LogP contribution in [-0.2, 0) is 10.2 Å². The molecular formula is C13H13NO3. The lowest BCUT2D eigenvalue weighted by Crippen LogP contribution is -2.13. The Morgan fingerprint density at radius 2 is 2.29 bits per heavy atom. The van der Waals surface area contributed by atoms with Gasteiger partial charge in [0.05, 0.1) is 19.1 Å². The standard InChI is InChI=1S/C13H13NO3/c1-17-11-3-2-10(6-9(11)8-14)13(4-5-13)7-12(15)16/h2-3,6H,4-5,7H2,1H3,(H,15,16). The van der Waals surface area contributed by atoms with Crippen LogP contribution >= 0.6 is 0 Å². The normalized spacial score (nSPS) is 16.0. The van der Waals surface area contributed by atoms with Crippen molar-refractivity contribution < 1.29 is 14.6 Å². The zero-order valence-corrected chi connectivity index (χ0v) is 9.56. The maximum Gasteiger partial charge on any atom is 0.304 e. The van der Waals surface area contributed by atoms with Gasteiger partial charge in [-0.25, -0.2) is 0 Å². The van der Waals surface area contributed by atoms with Crippen LogP contribution in [-0.4, -0.2) is 18.2 Å². The summed E-state index contributed by atoms with van der Waals surface area (Å²) in [7, 11) is 1.51. The molecule has 0 aliphatic heterocycles. The molecule has 4 nitrogen and oxygen atoms in total. The molecule has 1 saturated carbocycles. The summed E-state index contributed by atoms with van der Waals surface area (Å²) in [6.07, 6.45) is 1.87. The number of rotatable bonds is 4. The molecule has 1 N–H and O–H groups in total. The van der Waals surface area contributed by atoms with E-state index in [1.54, 1.807) is 12.1 Å². The van der Waals surface area contributed by atoms with E-state index in [1.165, 1.54) is 7.11 Å². The lowest BCUT2D eigenvalue weighted by atomic mass is 9.91. The third kappa shape index (κ3) is 2.09. The zero-order chi connectivity index (χ0) is 12.5. The Balaban J connectivity index is 2.35. The molecule has 88 valence electrons. The largest absolute Gasteiger partial charge is 0.495 e. The molecule has 17 heavy (non-hydrogen) atoms. The second-order valence-corrected chi connectivity index (χ2v) is 4.38. The molecule has 0 atom stereocenters. The monoisotopic (exact) mass is 231 g/mol. The quantitative estimate of drug-likeness (QED) is 0.861. The van der Waals surface area contributed by atoms with Gasteiger partial charge in [-0.3, -0.25) is 4.79 Å². The van der Waals surface area contributed by atoms with Crippen LogP contribution in [0.25, 0.3) is 0 Å². The van der Waals surface area contributed by atoms with Crippen molar-refractivity contribution in [3.8, 4) is 11.8 Å². The summed E-state index contributed by atoms with van der Waals surface area (Å²) in [4.78, 5) is 10.8. The molecule has 0 amide bonds. The van der Waals surface area contributed by atoms with E-state index in [1.807, 2.05) is 6.07 Å². The molecule has 4 heteroatoms. The number of hydrogen-bond acceptors (Lipinski definition) is 3. The van der Waals surface area contributed by atoms with Crippen molar-refractivity contribution in [1.82, 2.24) is 0 Å². The number of benzene rings is 1. The average molecular weight is 231 g/mol. The number of carboxylic acid groups (broad SMARTS) is 1. The summed E-state index contributed by atoms with van der Waals surface area (Å²) < 4.78 is 5.07. The van der Waals surface area contributed by atoms with Gasteiger partial charge >= 0.3 is 5.97 Å². The number of aliphatic carboxylic acids is 1. The first kappa shape index (κ1) is 11.5. The van der Waals surface area contributed by atoms with Gasteiger partial charge < -0.3 is 9.84 Å². The van der Waals surface area contributed by atoms with Crippen LogP contribution in [0.2, 0.25) is 0 Å². The first-order chi connectivity index (χ1) is 8.11. The second kappa shape index (κ2) is 4.10. The first-order valence-corrected chi connectivity index (χ1v) is 5.42. The molecule has 1 aliphatic rings. The molecule has 0 radical (unpaired) electrons. The minimum absolute atomic E-state index is 0.129. The summed E-state index contributed by atoms with van der Waals surface area (Å²) in [5.41, 5.74) is 1.13. The maximum atomic E-state index is 10.8. The molecular weight excluding hydrogens is 218 g/mol. The van der Waals surface area contributed by atoms with Gasteiger partial charge in [0.1, 0.15) is 11.8 Å². The fourth-order valence-corrected chi connectivity index (χ4v) is 2.13. The fraction of sp³-hybridized carbons (Fsp3) is 0.385. The van der Waals surface area contributed by atoms with Crippen LogP contribution in [0.1, 0.15) is 30.4 Å². The molecule has 2 rings (SSSR count). The average Bonchev–Trinajstić information content (AvgIpc) is 3.08. The Kier molecular flexibility index (Phi) is 2.76. The highest BCUT2D eigenvalue weighted by molar-refractivity contribution is 5.70. The van der Waals surface area contributed by atoms with Crippen molar-refractivity contribution in [1.29, 1.82) is 5.26 Å². The van der Waals surface area contributed by atoms with E-state index in [2.05, 4.69) is 6.07 Å². The second-order valence-electron chi connectivity index (χ2n) is 4.38. The summed E-state index contributed by atoms with van der Waals surface area (Å²) in [5, 5.41) is 17.9. The van der Waals surface area contributed by atoms with E-state index in [9.17, 15) is 4.79 Å². The summed E-state index contributed by atoms with van der Waals surface area (Å²) in [6.45, 7) is 0. The number of nitriles is 1. The topological polar surface area (TPSA) is 70.3 Å². The molecule has 1 aromatic carbocycles. The van der Waals surface area contributed by atoms with E-state index in [0.29, 0.717) is 11.3 Å². The van der Waals surface area contributed by atoms with Crippen LogP contribution < -0.4 is 4.74 Å². The van der Waals surface area contributed by atoms with Crippen LogP contribution in [0.15, 0.2) is 18.2 Å². The van der Waals surface area contributed by atoms with Gasteiger partial charge in [0.15, 0.2) is 0 Å². The minimum atomic E-state index is -0.795. The number of carboxylic acids is 1. The lowest BCUT2D eigenvalue weighted by Gasteiger charge is -2.14. The number of carbonyl (C=O) groups is 1. The molecule has 1 aromatic rings. The van der Waals surface area contributed by atoms with Crippen LogP contribution in [0, 0.1) is 11.3 Å². The summed E-state index contributed by atoms with van der Waals surface area (Å²) in [6, 6.07) is 7.40. The van der Waals surface area contributed by atoms with Gasteiger partial charge in [-0.2, -0.15) is 5.26 Å². The number of nitrogens with zero attached hydrogens (tertiary/aromatic N) is 1. The van der Waals surface area contributed by atoms with Crippen LogP contribution in [0.3, 0.4) is 0 Å². The van der Waals surface area contributed by atoms with Crippen molar-refractivity contribution in [2.45, 2.75) is 24.7 Å². The summed E-state index contributed by atoms with van der Waals surface area (Å²) >= 11 is 0. The Labute approximate surface area is 99.4 Å². The van der Waals surface area contributed by atoms with Gasteiger partial charge in [0, 0.05) is 5.41 Å². The first-order valence-electron chi connectivity index (χ1n) is 5.42.